The maximum absolute atomic E-state index is 12.4. The van der Waals surface area contributed by atoms with Crippen LogP contribution in [0.15, 0.2) is 29.2 Å². The Bertz CT molecular complexity index is 652. The van der Waals surface area contributed by atoms with Crippen molar-refractivity contribution < 1.29 is 27.9 Å². The molecule has 1 N–H and O–H groups in total. The summed E-state index contributed by atoms with van der Waals surface area (Å²) in [5.74, 6) is -2.21. The second kappa shape index (κ2) is 5.82. The molecule has 21 heavy (non-hydrogen) atoms. The molecule has 0 spiro atoms. The Hall–Kier alpha value is -1.93. The van der Waals surface area contributed by atoms with Crippen molar-refractivity contribution in [3.63, 3.8) is 0 Å². The predicted octanol–water partition coefficient (Wildman–Crippen LogP) is 0.568. The first-order valence-corrected chi connectivity index (χ1v) is 7.71. The Labute approximate surface area is 122 Å². The number of benzene rings is 1. The number of rotatable bonds is 4. The van der Waals surface area contributed by atoms with E-state index in [4.69, 9.17) is 5.11 Å². The van der Waals surface area contributed by atoms with Crippen LogP contribution in [0.4, 0.5) is 0 Å². The van der Waals surface area contributed by atoms with Crippen molar-refractivity contribution in [2.24, 2.45) is 5.92 Å². The molecule has 1 aromatic rings. The van der Waals surface area contributed by atoms with Crippen LogP contribution in [0.3, 0.4) is 0 Å². The SMILES string of the molecule is COC(=O)c1ccc(S(=O)(=O)N2CCC(C(=O)O)C2)cc1. The van der Waals surface area contributed by atoms with Crippen LogP contribution in [0.25, 0.3) is 0 Å². The number of carbonyl (C=O) groups excluding carboxylic acids is 1. The number of nitrogens with zero attached hydrogens (tertiary/aromatic N) is 1. The average molecular weight is 313 g/mol. The molecule has 114 valence electrons. The molecule has 1 aliphatic rings. The summed E-state index contributed by atoms with van der Waals surface area (Å²) in [7, 11) is -2.50. The van der Waals surface area contributed by atoms with E-state index in [9.17, 15) is 18.0 Å². The summed E-state index contributed by atoms with van der Waals surface area (Å²) in [6.45, 7) is 0.147. The highest BCUT2D eigenvalue weighted by Gasteiger charge is 2.35. The summed E-state index contributed by atoms with van der Waals surface area (Å²) in [6.07, 6.45) is 0.300. The summed E-state index contributed by atoms with van der Waals surface area (Å²) in [5.41, 5.74) is 0.251. The van der Waals surface area contributed by atoms with Crippen LogP contribution < -0.4 is 0 Å². The number of hydrogen-bond acceptors (Lipinski definition) is 5. The fourth-order valence-electron chi connectivity index (χ4n) is 2.18. The van der Waals surface area contributed by atoms with Crippen LogP contribution in [0.1, 0.15) is 16.8 Å². The number of sulfonamides is 1. The lowest BCUT2D eigenvalue weighted by atomic mass is 10.1. The molecule has 1 aromatic carbocycles. The molecule has 1 aliphatic heterocycles. The van der Waals surface area contributed by atoms with E-state index >= 15 is 0 Å². The van der Waals surface area contributed by atoms with Gasteiger partial charge in [0, 0.05) is 13.1 Å². The second-order valence-corrected chi connectivity index (χ2v) is 6.64. The number of methoxy groups -OCH3 is 1. The fourth-order valence-corrected chi connectivity index (χ4v) is 3.68. The van der Waals surface area contributed by atoms with Crippen LogP contribution in [0, 0.1) is 5.92 Å². The van der Waals surface area contributed by atoms with Crippen LogP contribution in [0.5, 0.6) is 0 Å². The molecular weight excluding hydrogens is 298 g/mol. The third-order valence-electron chi connectivity index (χ3n) is 3.41. The van der Waals surface area contributed by atoms with Gasteiger partial charge in [0.15, 0.2) is 0 Å². The zero-order chi connectivity index (χ0) is 15.6. The van der Waals surface area contributed by atoms with Gasteiger partial charge >= 0.3 is 11.9 Å². The molecule has 0 radical (unpaired) electrons. The van der Waals surface area contributed by atoms with E-state index in [1.165, 1.54) is 31.4 Å². The number of carboxylic acid groups (broad SMARTS) is 1. The van der Waals surface area contributed by atoms with Crippen molar-refractivity contribution in [3.05, 3.63) is 29.8 Å². The molecule has 0 bridgehead atoms. The van der Waals surface area contributed by atoms with Crippen LogP contribution in [0.2, 0.25) is 0 Å². The van der Waals surface area contributed by atoms with Crippen LogP contribution in [-0.2, 0) is 19.6 Å². The molecule has 1 heterocycles. The highest BCUT2D eigenvalue weighted by Crippen LogP contribution is 2.24. The van der Waals surface area contributed by atoms with Gasteiger partial charge in [-0.1, -0.05) is 0 Å². The zero-order valence-corrected chi connectivity index (χ0v) is 12.2. The summed E-state index contributed by atoms with van der Waals surface area (Å²) >= 11 is 0. The second-order valence-electron chi connectivity index (χ2n) is 4.70. The van der Waals surface area contributed by atoms with Crippen LogP contribution >= 0.6 is 0 Å². The minimum atomic E-state index is -3.74. The lowest BCUT2D eigenvalue weighted by Crippen LogP contribution is -2.30. The highest BCUT2D eigenvalue weighted by molar-refractivity contribution is 7.89. The molecule has 1 fully saturated rings. The Morgan fingerprint density at radius 2 is 1.90 bits per heavy atom. The number of carbonyl (C=O) groups is 2. The maximum Gasteiger partial charge on any atom is 0.337 e. The fraction of sp³-hybridized carbons (Fsp3) is 0.385. The van der Waals surface area contributed by atoms with Gasteiger partial charge in [-0.25, -0.2) is 13.2 Å². The maximum atomic E-state index is 12.4. The smallest absolute Gasteiger partial charge is 0.337 e. The number of esters is 1. The number of aliphatic carboxylic acids is 1. The average Bonchev–Trinajstić information content (AvgIpc) is 2.97. The van der Waals surface area contributed by atoms with Crippen molar-refractivity contribution in [1.82, 2.24) is 4.31 Å². The van der Waals surface area contributed by atoms with E-state index in [-0.39, 0.29) is 23.5 Å². The van der Waals surface area contributed by atoms with Gasteiger partial charge < -0.3 is 9.84 Å². The van der Waals surface area contributed by atoms with Gasteiger partial charge in [-0.05, 0) is 30.7 Å². The number of carboxylic acids is 1. The van der Waals surface area contributed by atoms with Gasteiger partial charge in [-0.2, -0.15) is 4.31 Å². The molecular formula is C13H15NO6S. The highest BCUT2D eigenvalue weighted by atomic mass is 32.2. The third-order valence-corrected chi connectivity index (χ3v) is 5.29. The normalized spacial score (nSPS) is 19.4. The largest absolute Gasteiger partial charge is 0.481 e. The van der Waals surface area contributed by atoms with Gasteiger partial charge in [0.1, 0.15) is 0 Å². The minimum Gasteiger partial charge on any atom is -0.481 e. The van der Waals surface area contributed by atoms with E-state index in [0.717, 1.165) is 4.31 Å². The lowest BCUT2D eigenvalue weighted by Gasteiger charge is -2.16. The van der Waals surface area contributed by atoms with Crippen molar-refractivity contribution in [1.29, 1.82) is 0 Å². The number of ether oxygens (including phenoxy) is 1. The summed E-state index contributed by atoms with van der Waals surface area (Å²) in [4.78, 5) is 22.2. The van der Waals surface area contributed by atoms with Gasteiger partial charge in [0.2, 0.25) is 10.0 Å². The molecule has 1 atom stereocenters. The zero-order valence-electron chi connectivity index (χ0n) is 11.4. The Morgan fingerprint density at radius 3 is 2.38 bits per heavy atom. The third kappa shape index (κ3) is 3.06. The van der Waals surface area contributed by atoms with E-state index in [0.29, 0.717) is 6.42 Å². The number of hydrogen-bond donors (Lipinski definition) is 1. The van der Waals surface area contributed by atoms with Crippen molar-refractivity contribution in [3.8, 4) is 0 Å². The molecule has 0 aliphatic carbocycles. The van der Waals surface area contributed by atoms with E-state index < -0.39 is 27.9 Å². The Morgan fingerprint density at radius 1 is 1.29 bits per heavy atom. The monoisotopic (exact) mass is 313 g/mol. The summed E-state index contributed by atoms with van der Waals surface area (Å²) in [6, 6.07) is 5.36. The van der Waals surface area contributed by atoms with E-state index in [2.05, 4.69) is 4.74 Å². The first kappa shape index (κ1) is 15.5. The van der Waals surface area contributed by atoms with Crippen LogP contribution in [-0.4, -0.2) is 50.0 Å². The molecule has 0 saturated carbocycles. The molecule has 1 unspecified atom stereocenters. The van der Waals surface area contributed by atoms with Gasteiger partial charge in [0.25, 0.3) is 0 Å². The van der Waals surface area contributed by atoms with Crippen molar-refractivity contribution in [2.75, 3.05) is 20.2 Å². The van der Waals surface area contributed by atoms with Crippen molar-refractivity contribution >= 4 is 22.0 Å². The predicted molar refractivity (Wildman–Crippen MR) is 72.3 cm³/mol. The summed E-state index contributed by atoms with van der Waals surface area (Å²) in [5, 5.41) is 8.92. The van der Waals surface area contributed by atoms with Gasteiger partial charge in [-0.15, -0.1) is 0 Å². The topological polar surface area (TPSA) is 101 Å². The quantitative estimate of drug-likeness (QED) is 0.815. The molecule has 0 aromatic heterocycles. The Balaban J connectivity index is 2.21. The standard InChI is InChI=1S/C13H15NO6S/c1-20-13(17)9-2-4-11(5-3-9)21(18,19)14-7-6-10(8-14)12(15)16/h2-5,10H,6-8H2,1H3,(H,15,16). The lowest BCUT2D eigenvalue weighted by molar-refractivity contribution is -0.141. The molecule has 1 saturated heterocycles. The molecule has 2 rings (SSSR count). The first-order chi connectivity index (χ1) is 9.86. The molecule has 0 amide bonds. The molecule has 8 heteroatoms. The first-order valence-electron chi connectivity index (χ1n) is 6.27. The summed E-state index contributed by atoms with van der Waals surface area (Å²) < 4.78 is 30.4. The van der Waals surface area contributed by atoms with E-state index in [1.807, 2.05) is 0 Å². The van der Waals surface area contributed by atoms with Crippen molar-refractivity contribution in [2.45, 2.75) is 11.3 Å². The molecule has 7 nitrogen and oxygen atoms in total. The van der Waals surface area contributed by atoms with Gasteiger partial charge in [-0.3, -0.25) is 4.79 Å². The minimum absolute atomic E-state index is 0.0289. The Kier molecular flexibility index (Phi) is 4.29. The van der Waals surface area contributed by atoms with E-state index in [1.54, 1.807) is 0 Å². The van der Waals surface area contributed by atoms with Gasteiger partial charge in [0.05, 0.1) is 23.5 Å².